The number of aromatic nitrogens is 1. The number of amides is 1. The number of ether oxygens (including phenoxy) is 1. The number of rotatable bonds is 6. The number of carbonyl (C=O) groups is 2. The predicted molar refractivity (Wildman–Crippen MR) is 110 cm³/mol. The zero-order valence-corrected chi connectivity index (χ0v) is 16.4. The molecule has 144 valence electrons. The first-order chi connectivity index (χ1) is 13.5. The first-order valence-corrected chi connectivity index (χ1v) is 9.36. The number of esters is 1. The Kier molecular flexibility index (Phi) is 6.04. The van der Waals surface area contributed by atoms with Gasteiger partial charge in [-0.2, -0.15) is 0 Å². The zero-order chi connectivity index (χ0) is 20.1. The van der Waals surface area contributed by atoms with E-state index in [9.17, 15) is 9.59 Å². The Morgan fingerprint density at radius 1 is 1.04 bits per heavy atom. The fraction of sp³-hybridized carbons (Fsp3) is 0.261. The maximum atomic E-state index is 12.9. The molecule has 5 nitrogen and oxygen atoms in total. The van der Waals surface area contributed by atoms with Gasteiger partial charge in [0.15, 0.2) is 6.61 Å². The monoisotopic (exact) mass is 376 g/mol. The molecule has 0 unspecified atom stereocenters. The normalized spacial score (nSPS) is 10.9. The number of pyridine rings is 1. The van der Waals surface area contributed by atoms with Gasteiger partial charge in [-0.05, 0) is 24.5 Å². The fourth-order valence-corrected chi connectivity index (χ4v) is 3.02. The van der Waals surface area contributed by atoms with Crippen LogP contribution in [0.1, 0.15) is 29.8 Å². The number of nitrogens with one attached hydrogen (secondary N) is 1. The van der Waals surface area contributed by atoms with Gasteiger partial charge in [0.1, 0.15) is 0 Å². The molecular formula is C23H24N2O3. The van der Waals surface area contributed by atoms with Gasteiger partial charge in [-0.25, -0.2) is 9.78 Å². The van der Waals surface area contributed by atoms with Crippen LogP contribution in [0.25, 0.3) is 22.2 Å². The molecule has 0 atom stereocenters. The topological polar surface area (TPSA) is 68.3 Å². The Bertz CT molecular complexity index is 997. The van der Waals surface area contributed by atoms with Gasteiger partial charge in [0.2, 0.25) is 0 Å². The lowest BCUT2D eigenvalue weighted by Gasteiger charge is -2.14. The van der Waals surface area contributed by atoms with E-state index in [1.165, 1.54) is 0 Å². The van der Waals surface area contributed by atoms with Crippen molar-refractivity contribution in [1.29, 1.82) is 0 Å². The second-order valence-electron chi connectivity index (χ2n) is 7.12. The summed E-state index contributed by atoms with van der Waals surface area (Å²) in [5.74, 6) is -0.492. The number of benzene rings is 2. The second-order valence-corrected chi connectivity index (χ2v) is 7.12. The van der Waals surface area contributed by atoms with E-state index < -0.39 is 5.97 Å². The van der Waals surface area contributed by atoms with Crippen LogP contribution in [0.15, 0.2) is 54.6 Å². The molecule has 28 heavy (non-hydrogen) atoms. The van der Waals surface area contributed by atoms with E-state index >= 15 is 0 Å². The summed E-state index contributed by atoms with van der Waals surface area (Å²) in [6.45, 7) is 6.11. The first-order valence-electron chi connectivity index (χ1n) is 9.36. The van der Waals surface area contributed by atoms with Crippen molar-refractivity contribution in [2.24, 2.45) is 5.92 Å². The molecule has 5 heteroatoms. The third-order valence-corrected chi connectivity index (χ3v) is 4.43. The van der Waals surface area contributed by atoms with E-state index in [0.717, 1.165) is 16.8 Å². The van der Waals surface area contributed by atoms with Gasteiger partial charge in [-0.3, -0.25) is 4.79 Å². The third kappa shape index (κ3) is 4.36. The van der Waals surface area contributed by atoms with Gasteiger partial charge in [-0.1, -0.05) is 62.4 Å². The Hall–Kier alpha value is -3.21. The van der Waals surface area contributed by atoms with Crippen molar-refractivity contribution in [1.82, 2.24) is 10.3 Å². The number of para-hydroxylation sites is 1. The van der Waals surface area contributed by atoms with E-state index in [2.05, 4.69) is 5.32 Å². The molecule has 0 bridgehead atoms. The summed E-state index contributed by atoms with van der Waals surface area (Å²) in [5.41, 5.74) is 3.55. The minimum Gasteiger partial charge on any atom is -0.452 e. The van der Waals surface area contributed by atoms with E-state index in [-0.39, 0.29) is 12.5 Å². The van der Waals surface area contributed by atoms with Gasteiger partial charge in [0.05, 0.1) is 16.8 Å². The molecule has 1 aromatic heterocycles. The van der Waals surface area contributed by atoms with E-state index in [0.29, 0.717) is 28.9 Å². The first kappa shape index (κ1) is 19.5. The molecule has 0 fully saturated rings. The average Bonchev–Trinajstić information content (AvgIpc) is 2.70. The van der Waals surface area contributed by atoms with Crippen molar-refractivity contribution < 1.29 is 14.3 Å². The minimum atomic E-state index is -0.520. The van der Waals surface area contributed by atoms with Crippen LogP contribution in [0.5, 0.6) is 0 Å². The fourth-order valence-electron chi connectivity index (χ4n) is 3.02. The van der Waals surface area contributed by atoms with Crippen LogP contribution in [-0.4, -0.2) is 30.0 Å². The quantitative estimate of drug-likeness (QED) is 0.657. The molecule has 1 amide bonds. The Morgan fingerprint density at radius 3 is 2.43 bits per heavy atom. The van der Waals surface area contributed by atoms with Gasteiger partial charge >= 0.3 is 5.97 Å². The number of hydrogen-bond acceptors (Lipinski definition) is 4. The molecular weight excluding hydrogens is 352 g/mol. The Balaban J connectivity index is 1.94. The van der Waals surface area contributed by atoms with Crippen LogP contribution in [0, 0.1) is 12.8 Å². The van der Waals surface area contributed by atoms with Gasteiger partial charge in [0.25, 0.3) is 5.91 Å². The zero-order valence-electron chi connectivity index (χ0n) is 16.4. The van der Waals surface area contributed by atoms with Crippen molar-refractivity contribution in [2.75, 3.05) is 13.2 Å². The highest BCUT2D eigenvalue weighted by atomic mass is 16.5. The summed E-state index contributed by atoms with van der Waals surface area (Å²) in [4.78, 5) is 29.5. The maximum absolute atomic E-state index is 12.9. The average molecular weight is 376 g/mol. The predicted octanol–water partition coefficient (Wildman–Crippen LogP) is 4.14. The number of carbonyl (C=O) groups excluding carboxylic acids is 2. The molecule has 1 N–H and O–H groups in total. The summed E-state index contributed by atoms with van der Waals surface area (Å²) >= 11 is 0. The Labute approximate surface area is 164 Å². The summed E-state index contributed by atoms with van der Waals surface area (Å²) in [6.07, 6.45) is 0. The van der Waals surface area contributed by atoms with Crippen molar-refractivity contribution in [3.8, 4) is 11.3 Å². The summed E-state index contributed by atoms with van der Waals surface area (Å²) in [7, 11) is 0. The Morgan fingerprint density at radius 2 is 1.71 bits per heavy atom. The molecule has 0 spiro atoms. The lowest BCUT2D eigenvalue weighted by molar-refractivity contribution is -0.124. The van der Waals surface area contributed by atoms with E-state index in [1.807, 2.05) is 75.4 Å². The molecule has 0 saturated carbocycles. The second kappa shape index (κ2) is 8.65. The standard InChI is InChI=1S/C23H24N2O3/c1-15(2)13-24-20(26)14-28-23(27)21-16(3)22(17-9-5-4-6-10-17)25-19-12-8-7-11-18(19)21/h4-12,15H,13-14H2,1-3H3,(H,24,26). The maximum Gasteiger partial charge on any atom is 0.339 e. The summed E-state index contributed by atoms with van der Waals surface area (Å²) < 4.78 is 5.32. The van der Waals surface area contributed by atoms with Crippen LogP contribution >= 0.6 is 0 Å². The van der Waals surface area contributed by atoms with Crippen LogP contribution in [-0.2, 0) is 9.53 Å². The SMILES string of the molecule is Cc1c(-c2ccccc2)nc2ccccc2c1C(=O)OCC(=O)NCC(C)C. The van der Waals surface area contributed by atoms with Gasteiger partial charge in [0, 0.05) is 17.5 Å². The summed E-state index contributed by atoms with van der Waals surface area (Å²) in [6, 6.07) is 17.2. The number of hydrogen-bond donors (Lipinski definition) is 1. The van der Waals surface area contributed by atoms with Crippen molar-refractivity contribution >= 4 is 22.8 Å². The van der Waals surface area contributed by atoms with Crippen LogP contribution in [0.2, 0.25) is 0 Å². The molecule has 0 aliphatic carbocycles. The molecule has 0 aliphatic heterocycles. The largest absolute Gasteiger partial charge is 0.452 e. The highest BCUT2D eigenvalue weighted by molar-refractivity contribution is 6.06. The van der Waals surface area contributed by atoms with Crippen molar-refractivity contribution in [3.05, 3.63) is 65.7 Å². The van der Waals surface area contributed by atoms with Crippen LogP contribution < -0.4 is 5.32 Å². The van der Waals surface area contributed by atoms with E-state index in [1.54, 1.807) is 0 Å². The molecule has 3 rings (SSSR count). The van der Waals surface area contributed by atoms with Crippen molar-refractivity contribution in [3.63, 3.8) is 0 Å². The number of nitrogens with zero attached hydrogens (tertiary/aromatic N) is 1. The summed E-state index contributed by atoms with van der Waals surface area (Å²) in [5, 5.41) is 3.46. The molecule has 2 aromatic carbocycles. The van der Waals surface area contributed by atoms with Crippen LogP contribution in [0.4, 0.5) is 0 Å². The third-order valence-electron chi connectivity index (χ3n) is 4.43. The molecule has 1 heterocycles. The van der Waals surface area contributed by atoms with E-state index in [4.69, 9.17) is 9.72 Å². The lowest BCUT2D eigenvalue weighted by atomic mass is 9.98. The molecule has 3 aromatic rings. The highest BCUT2D eigenvalue weighted by Crippen LogP contribution is 2.30. The molecule has 0 saturated heterocycles. The van der Waals surface area contributed by atoms with Crippen molar-refractivity contribution in [2.45, 2.75) is 20.8 Å². The lowest BCUT2D eigenvalue weighted by Crippen LogP contribution is -2.31. The van der Waals surface area contributed by atoms with Crippen LogP contribution in [0.3, 0.4) is 0 Å². The highest BCUT2D eigenvalue weighted by Gasteiger charge is 2.20. The van der Waals surface area contributed by atoms with Gasteiger partial charge in [-0.15, -0.1) is 0 Å². The molecule has 0 radical (unpaired) electrons. The van der Waals surface area contributed by atoms with Gasteiger partial charge < -0.3 is 10.1 Å². The minimum absolute atomic E-state index is 0.303. The molecule has 0 aliphatic rings. The smallest absolute Gasteiger partial charge is 0.339 e. The number of fused-ring (bicyclic) bond motifs is 1.